The maximum Gasteiger partial charge on any atom is 0.233 e. The van der Waals surface area contributed by atoms with Gasteiger partial charge in [0.1, 0.15) is 0 Å². The third-order valence-corrected chi connectivity index (χ3v) is 4.39. The highest BCUT2D eigenvalue weighted by atomic mass is 35.5. The summed E-state index contributed by atoms with van der Waals surface area (Å²) in [6.45, 7) is 2.04. The first kappa shape index (κ1) is 17.4. The molecule has 0 aliphatic carbocycles. The molecule has 0 bridgehead atoms. The zero-order valence-electron chi connectivity index (χ0n) is 14.2. The molecule has 6 heteroatoms. The maximum absolute atomic E-state index is 12.3. The molecule has 0 saturated heterocycles. The summed E-state index contributed by atoms with van der Waals surface area (Å²) in [5.41, 5.74) is 2.03. The van der Waals surface area contributed by atoms with Crippen LogP contribution >= 0.6 is 11.6 Å². The van der Waals surface area contributed by atoms with Crippen molar-refractivity contribution in [3.8, 4) is 0 Å². The topological polar surface area (TPSA) is 59.3 Å². The molecular weight excluding hydrogens is 336 g/mol. The number of carbonyl (C=O) groups excluding carboxylic acids is 1. The number of imidazole rings is 1. The molecule has 0 fully saturated rings. The first-order chi connectivity index (χ1) is 12.2. The summed E-state index contributed by atoms with van der Waals surface area (Å²) >= 11 is 5.88. The Bertz CT molecular complexity index is 811. The average Bonchev–Trinajstić information content (AvgIpc) is 3.05. The fourth-order valence-corrected chi connectivity index (χ4v) is 2.90. The minimum absolute atomic E-state index is 0.0471. The molecule has 130 valence electrons. The Morgan fingerprint density at radius 2 is 2.12 bits per heavy atom. The van der Waals surface area contributed by atoms with Gasteiger partial charge in [-0.2, -0.15) is 0 Å². The van der Waals surface area contributed by atoms with Crippen molar-refractivity contribution >= 4 is 23.3 Å². The number of rotatable bonds is 7. The first-order valence-corrected chi connectivity index (χ1v) is 8.87. The van der Waals surface area contributed by atoms with Gasteiger partial charge in [0, 0.05) is 30.0 Å². The van der Waals surface area contributed by atoms with Gasteiger partial charge >= 0.3 is 0 Å². The van der Waals surface area contributed by atoms with Crippen LogP contribution in [0.25, 0.3) is 5.78 Å². The lowest BCUT2D eigenvalue weighted by Crippen LogP contribution is -2.28. The van der Waals surface area contributed by atoms with Crippen molar-refractivity contribution in [3.63, 3.8) is 0 Å². The third kappa shape index (κ3) is 4.57. The normalized spacial score (nSPS) is 12.2. The van der Waals surface area contributed by atoms with Crippen molar-refractivity contribution < 1.29 is 4.79 Å². The van der Waals surface area contributed by atoms with Crippen molar-refractivity contribution in [2.45, 2.75) is 38.6 Å². The lowest BCUT2D eigenvalue weighted by Gasteiger charge is -2.14. The molecule has 25 heavy (non-hydrogen) atoms. The molecule has 0 radical (unpaired) electrons. The van der Waals surface area contributed by atoms with E-state index >= 15 is 0 Å². The SMILES string of the molecule is CC[C@H](NC(=O)CCCc1ccc(Cl)cc1)c1cn2cccnc2n1. The molecule has 0 unspecified atom stereocenters. The average molecular weight is 357 g/mol. The number of hydrogen-bond acceptors (Lipinski definition) is 3. The fraction of sp³-hybridized carbons (Fsp3) is 0.316. The van der Waals surface area contributed by atoms with Gasteiger partial charge in [-0.15, -0.1) is 0 Å². The van der Waals surface area contributed by atoms with E-state index in [-0.39, 0.29) is 11.9 Å². The monoisotopic (exact) mass is 356 g/mol. The quantitative estimate of drug-likeness (QED) is 0.696. The number of hydrogen-bond donors (Lipinski definition) is 1. The Balaban J connectivity index is 1.54. The number of fused-ring (bicyclic) bond motifs is 1. The summed E-state index contributed by atoms with van der Waals surface area (Å²) in [5, 5.41) is 3.81. The minimum Gasteiger partial charge on any atom is -0.348 e. The predicted octanol–water partition coefficient (Wildman–Crippen LogP) is 3.97. The first-order valence-electron chi connectivity index (χ1n) is 8.49. The zero-order valence-corrected chi connectivity index (χ0v) is 14.9. The van der Waals surface area contributed by atoms with Gasteiger partial charge in [-0.25, -0.2) is 9.97 Å². The molecule has 5 nitrogen and oxygen atoms in total. The van der Waals surface area contributed by atoms with Crippen molar-refractivity contribution in [3.05, 3.63) is 65.2 Å². The molecule has 3 rings (SSSR count). The zero-order chi connectivity index (χ0) is 17.6. The van der Waals surface area contributed by atoms with E-state index in [9.17, 15) is 4.79 Å². The number of halogens is 1. The van der Waals surface area contributed by atoms with E-state index in [1.165, 1.54) is 5.56 Å². The van der Waals surface area contributed by atoms with E-state index in [4.69, 9.17) is 11.6 Å². The van der Waals surface area contributed by atoms with Crippen LogP contribution in [0, 0.1) is 0 Å². The summed E-state index contributed by atoms with van der Waals surface area (Å²) in [4.78, 5) is 21.0. The standard InChI is InChI=1S/C19H21ClN4O/c1-2-16(17-13-24-12-4-11-21-19(24)23-17)22-18(25)6-3-5-14-7-9-15(20)10-8-14/h4,7-13,16H,2-3,5-6H2,1H3,(H,22,25)/t16-/m0/s1. The van der Waals surface area contributed by atoms with Crippen LogP contribution in [0.2, 0.25) is 5.02 Å². The maximum atomic E-state index is 12.3. The van der Waals surface area contributed by atoms with Crippen LogP contribution in [-0.4, -0.2) is 20.3 Å². The van der Waals surface area contributed by atoms with Gasteiger partial charge in [0.2, 0.25) is 11.7 Å². The number of aromatic nitrogens is 3. The fourth-order valence-electron chi connectivity index (χ4n) is 2.77. The van der Waals surface area contributed by atoms with Crippen LogP contribution in [-0.2, 0) is 11.2 Å². The number of nitrogens with one attached hydrogen (secondary N) is 1. The van der Waals surface area contributed by atoms with E-state index in [2.05, 4.69) is 15.3 Å². The molecule has 1 atom stereocenters. The van der Waals surface area contributed by atoms with E-state index in [0.717, 1.165) is 30.0 Å². The molecule has 0 saturated carbocycles. The lowest BCUT2D eigenvalue weighted by atomic mass is 10.1. The van der Waals surface area contributed by atoms with Crippen LogP contribution < -0.4 is 5.32 Å². The van der Waals surface area contributed by atoms with Gasteiger partial charge in [0.15, 0.2) is 0 Å². The molecule has 0 spiro atoms. The molecule has 2 aromatic heterocycles. The summed E-state index contributed by atoms with van der Waals surface area (Å²) < 4.78 is 1.87. The third-order valence-electron chi connectivity index (χ3n) is 4.14. The summed E-state index contributed by atoms with van der Waals surface area (Å²) in [5.74, 6) is 0.693. The Hall–Kier alpha value is -2.40. The van der Waals surface area contributed by atoms with Gasteiger partial charge in [-0.1, -0.05) is 30.7 Å². The number of carbonyl (C=O) groups is 1. The molecule has 1 amide bonds. The van der Waals surface area contributed by atoms with Crippen LogP contribution in [0.5, 0.6) is 0 Å². The Morgan fingerprint density at radius 3 is 2.84 bits per heavy atom. The minimum atomic E-state index is -0.0928. The van der Waals surface area contributed by atoms with Gasteiger partial charge in [-0.05, 0) is 43.0 Å². The highest BCUT2D eigenvalue weighted by Gasteiger charge is 2.16. The number of nitrogens with zero attached hydrogens (tertiary/aromatic N) is 3. The number of amides is 1. The van der Waals surface area contributed by atoms with Crippen LogP contribution in [0.1, 0.15) is 43.5 Å². The predicted molar refractivity (Wildman–Crippen MR) is 98.6 cm³/mol. The largest absolute Gasteiger partial charge is 0.348 e. The van der Waals surface area contributed by atoms with Gasteiger partial charge < -0.3 is 5.32 Å². The molecule has 3 aromatic rings. The second-order valence-electron chi connectivity index (χ2n) is 6.00. The Kier molecular flexibility index (Phi) is 5.66. The van der Waals surface area contributed by atoms with E-state index < -0.39 is 0 Å². The smallest absolute Gasteiger partial charge is 0.233 e. The molecule has 1 N–H and O–H groups in total. The summed E-state index contributed by atoms with van der Waals surface area (Å²) in [6.07, 6.45) is 8.47. The van der Waals surface area contributed by atoms with Gasteiger partial charge in [-0.3, -0.25) is 9.20 Å². The Labute approximate surface area is 152 Å². The van der Waals surface area contributed by atoms with E-state index in [1.807, 2.05) is 54.0 Å². The van der Waals surface area contributed by atoms with Crippen molar-refractivity contribution in [2.24, 2.45) is 0 Å². The second kappa shape index (κ2) is 8.12. The molecule has 1 aromatic carbocycles. The summed E-state index contributed by atoms with van der Waals surface area (Å²) in [6, 6.07) is 9.51. The van der Waals surface area contributed by atoms with Crippen molar-refractivity contribution in [1.82, 2.24) is 19.7 Å². The summed E-state index contributed by atoms with van der Waals surface area (Å²) in [7, 11) is 0. The molecule has 2 heterocycles. The van der Waals surface area contributed by atoms with Gasteiger partial charge in [0.05, 0.1) is 11.7 Å². The highest BCUT2D eigenvalue weighted by Crippen LogP contribution is 2.17. The van der Waals surface area contributed by atoms with Crippen molar-refractivity contribution in [1.29, 1.82) is 0 Å². The molecule has 0 aliphatic rings. The van der Waals surface area contributed by atoms with Crippen LogP contribution in [0.15, 0.2) is 48.9 Å². The van der Waals surface area contributed by atoms with Gasteiger partial charge in [0.25, 0.3) is 0 Å². The molecule has 0 aliphatic heterocycles. The highest BCUT2D eigenvalue weighted by molar-refractivity contribution is 6.30. The van der Waals surface area contributed by atoms with Crippen molar-refractivity contribution in [2.75, 3.05) is 0 Å². The van der Waals surface area contributed by atoms with E-state index in [1.54, 1.807) is 6.20 Å². The molecular formula is C19H21ClN4O. The van der Waals surface area contributed by atoms with Crippen LogP contribution in [0.4, 0.5) is 0 Å². The lowest BCUT2D eigenvalue weighted by molar-refractivity contribution is -0.122. The van der Waals surface area contributed by atoms with E-state index in [0.29, 0.717) is 12.2 Å². The Morgan fingerprint density at radius 1 is 1.32 bits per heavy atom. The second-order valence-corrected chi connectivity index (χ2v) is 6.44. The number of benzene rings is 1. The number of aryl methyl sites for hydroxylation is 1. The van der Waals surface area contributed by atoms with Crippen LogP contribution in [0.3, 0.4) is 0 Å².